The van der Waals surface area contributed by atoms with Crippen LogP contribution in [-0.2, 0) is 9.47 Å². The zero-order valence-corrected chi connectivity index (χ0v) is 21.4. The number of aromatic nitrogens is 2. The van der Waals surface area contributed by atoms with E-state index in [2.05, 4.69) is 32.8 Å². The fourth-order valence-electron chi connectivity index (χ4n) is 4.94. The largest absolute Gasteiger partial charge is 0.383 e. The van der Waals surface area contributed by atoms with Crippen molar-refractivity contribution in [1.29, 1.82) is 0 Å². The molecule has 7 nitrogen and oxygen atoms in total. The van der Waals surface area contributed by atoms with E-state index in [4.69, 9.17) is 21.1 Å². The highest BCUT2D eigenvalue weighted by Gasteiger charge is 2.23. The molecule has 192 valence electrons. The molecule has 0 spiro atoms. The fourth-order valence-corrected chi connectivity index (χ4v) is 5.13. The van der Waals surface area contributed by atoms with Gasteiger partial charge in [0.15, 0.2) is 0 Å². The molecule has 2 aromatic heterocycles. The standard InChI is InChI=1S/C26H37ClFN5O2/c1-17(16-34-2)31-19-3-5-20(6-4-19)32-25-13-21(22(27)15-30-25)26-23(28)7-8-24(33-26)29-14-18-9-11-35-12-10-18/h7-8,13,15,17-20,31H,3-6,9-12,14,16H2,1-2H3,(H,29,33)(H,30,32)/t17-,19?,20?/m1/s1. The van der Waals surface area contributed by atoms with Crippen molar-refractivity contribution in [1.82, 2.24) is 15.3 Å². The molecule has 9 heteroatoms. The molecule has 4 rings (SSSR count). The Labute approximate surface area is 212 Å². The summed E-state index contributed by atoms with van der Waals surface area (Å²) in [4.78, 5) is 9.00. The van der Waals surface area contributed by atoms with Gasteiger partial charge in [-0.15, -0.1) is 0 Å². The third kappa shape index (κ3) is 7.49. The molecule has 0 amide bonds. The highest BCUT2D eigenvalue weighted by molar-refractivity contribution is 6.33. The summed E-state index contributed by atoms with van der Waals surface area (Å²) in [7, 11) is 1.73. The second-order valence-corrected chi connectivity index (χ2v) is 10.1. The predicted molar refractivity (Wildman–Crippen MR) is 139 cm³/mol. The summed E-state index contributed by atoms with van der Waals surface area (Å²) in [5.41, 5.74) is 0.776. The van der Waals surface area contributed by atoms with Gasteiger partial charge in [-0.25, -0.2) is 14.4 Å². The number of hydrogen-bond acceptors (Lipinski definition) is 7. The molecule has 0 bridgehead atoms. The summed E-state index contributed by atoms with van der Waals surface area (Å²) in [6.45, 7) is 5.24. The van der Waals surface area contributed by atoms with Crippen molar-refractivity contribution in [3.63, 3.8) is 0 Å². The van der Waals surface area contributed by atoms with Crippen molar-refractivity contribution in [3.8, 4) is 11.3 Å². The van der Waals surface area contributed by atoms with Crippen molar-refractivity contribution in [2.24, 2.45) is 5.92 Å². The topological polar surface area (TPSA) is 80.3 Å². The molecule has 2 fully saturated rings. The Morgan fingerprint density at radius 3 is 2.60 bits per heavy atom. The second kappa shape index (κ2) is 12.8. The Balaban J connectivity index is 1.38. The number of ether oxygens (including phenoxy) is 2. The van der Waals surface area contributed by atoms with E-state index in [1.165, 1.54) is 6.07 Å². The van der Waals surface area contributed by atoms with Crippen molar-refractivity contribution in [2.45, 2.75) is 63.6 Å². The van der Waals surface area contributed by atoms with Gasteiger partial charge < -0.3 is 25.4 Å². The number of anilines is 2. The van der Waals surface area contributed by atoms with Crippen LogP contribution in [0.5, 0.6) is 0 Å². The lowest BCUT2D eigenvalue weighted by atomic mass is 9.90. The van der Waals surface area contributed by atoms with E-state index >= 15 is 0 Å². The average Bonchev–Trinajstić information content (AvgIpc) is 2.87. The lowest BCUT2D eigenvalue weighted by Gasteiger charge is -2.31. The van der Waals surface area contributed by atoms with Gasteiger partial charge in [0.1, 0.15) is 23.1 Å². The quantitative estimate of drug-likeness (QED) is 0.413. The maximum atomic E-state index is 14.8. The monoisotopic (exact) mass is 505 g/mol. The van der Waals surface area contributed by atoms with E-state index in [1.807, 2.05) is 0 Å². The molecule has 1 aliphatic heterocycles. The molecule has 0 aromatic carbocycles. The van der Waals surface area contributed by atoms with Crippen LogP contribution in [0.2, 0.25) is 5.02 Å². The molecule has 1 saturated heterocycles. The number of hydrogen-bond donors (Lipinski definition) is 3. The van der Waals surface area contributed by atoms with Crippen LogP contribution in [0, 0.1) is 11.7 Å². The van der Waals surface area contributed by atoms with Crippen LogP contribution < -0.4 is 16.0 Å². The minimum atomic E-state index is -0.405. The van der Waals surface area contributed by atoms with Gasteiger partial charge in [-0.05, 0) is 69.6 Å². The third-order valence-electron chi connectivity index (χ3n) is 6.89. The summed E-state index contributed by atoms with van der Waals surface area (Å²) < 4.78 is 25.5. The average molecular weight is 506 g/mol. The normalized spacial score (nSPS) is 22.1. The maximum Gasteiger partial charge on any atom is 0.149 e. The first kappa shape index (κ1) is 26.1. The molecule has 0 radical (unpaired) electrons. The van der Waals surface area contributed by atoms with E-state index in [0.717, 1.165) is 58.3 Å². The number of methoxy groups -OCH3 is 1. The number of nitrogens with one attached hydrogen (secondary N) is 3. The molecule has 3 N–H and O–H groups in total. The van der Waals surface area contributed by atoms with Gasteiger partial charge in [-0.1, -0.05) is 11.6 Å². The van der Waals surface area contributed by atoms with Gasteiger partial charge in [0.2, 0.25) is 0 Å². The smallest absolute Gasteiger partial charge is 0.149 e. The van der Waals surface area contributed by atoms with E-state index in [-0.39, 0.29) is 5.69 Å². The SMILES string of the molecule is COC[C@@H](C)NC1CCC(Nc2cc(-c3nc(NCC4CCOCC4)ccc3F)c(Cl)cn2)CC1. The van der Waals surface area contributed by atoms with E-state index in [0.29, 0.717) is 52.9 Å². The van der Waals surface area contributed by atoms with Crippen LogP contribution in [0.1, 0.15) is 45.4 Å². The first-order valence-corrected chi connectivity index (χ1v) is 13.0. The zero-order valence-electron chi connectivity index (χ0n) is 20.7. The van der Waals surface area contributed by atoms with Crippen molar-refractivity contribution >= 4 is 23.2 Å². The first-order chi connectivity index (χ1) is 17.0. The summed E-state index contributed by atoms with van der Waals surface area (Å²) >= 11 is 6.44. The Hall–Kier alpha value is -2.00. The predicted octanol–water partition coefficient (Wildman–Crippen LogP) is 5.12. The number of nitrogens with zero attached hydrogens (tertiary/aromatic N) is 2. The molecule has 1 aliphatic carbocycles. The van der Waals surface area contributed by atoms with E-state index in [1.54, 1.807) is 25.4 Å². The zero-order chi connectivity index (χ0) is 24.6. The van der Waals surface area contributed by atoms with Crippen LogP contribution in [0.3, 0.4) is 0 Å². The summed E-state index contributed by atoms with van der Waals surface area (Å²) in [6, 6.07) is 6.09. The minimum Gasteiger partial charge on any atom is -0.383 e. The summed E-state index contributed by atoms with van der Waals surface area (Å²) in [5, 5.41) is 10.9. The third-order valence-corrected chi connectivity index (χ3v) is 7.19. The summed E-state index contributed by atoms with van der Waals surface area (Å²) in [5.74, 6) is 1.46. The van der Waals surface area contributed by atoms with Crippen LogP contribution in [0.4, 0.5) is 16.0 Å². The van der Waals surface area contributed by atoms with Gasteiger partial charge in [0, 0.05) is 56.8 Å². The van der Waals surface area contributed by atoms with Gasteiger partial charge in [0.25, 0.3) is 0 Å². The Bertz CT molecular complexity index is 951. The van der Waals surface area contributed by atoms with Crippen LogP contribution in [0.15, 0.2) is 24.4 Å². The number of rotatable bonds is 10. The molecule has 1 atom stereocenters. The van der Waals surface area contributed by atoms with Crippen LogP contribution in [-0.4, -0.2) is 61.6 Å². The Morgan fingerprint density at radius 2 is 1.86 bits per heavy atom. The lowest BCUT2D eigenvalue weighted by Crippen LogP contribution is -2.42. The van der Waals surface area contributed by atoms with Crippen molar-refractivity contribution in [3.05, 3.63) is 35.2 Å². The maximum absolute atomic E-state index is 14.8. The molecule has 35 heavy (non-hydrogen) atoms. The lowest BCUT2D eigenvalue weighted by molar-refractivity contribution is 0.0699. The van der Waals surface area contributed by atoms with Gasteiger partial charge in [-0.2, -0.15) is 0 Å². The van der Waals surface area contributed by atoms with E-state index in [9.17, 15) is 4.39 Å². The molecule has 2 aliphatic rings. The van der Waals surface area contributed by atoms with Crippen molar-refractivity contribution in [2.75, 3.05) is 44.1 Å². The Kier molecular flexibility index (Phi) is 9.54. The van der Waals surface area contributed by atoms with Crippen LogP contribution in [0.25, 0.3) is 11.3 Å². The van der Waals surface area contributed by atoms with Gasteiger partial charge >= 0.3 is 0 Å². The van der Waals surface area contributed by atoms with Gasteiger partial charge in [-0.3, -0.25) is 0 Å². The second-order valence-electron chi connectivity index (χ2n) is 9.73. The number of halogens is 2. The van der Waals surface area contributed by atoms with Crippen molar-refractivity contribution < 1.29 is 13.9 Å². The molecule has 3 heterocycles. The first-order valence-electron chi connectivity index (χ1n) is 12.7. The van der Waals surface area contributed by atoms with E-state index < -0.39 is 5.82 Å². The fraction of sp³-hybridized carbons (Fsp3) is 0.615. The minimum absolute atomic E-state index is 0.234. The highest BCUT2D eigenvalue weighted by atomic mass is 35.5. The highest BCUT2D eigenvalue weighted by Crippen LogP contribution is 2.32. The molecular formula is C26H37ClFN5O2. The number of pyridine rings is 2. The summed E-state index contributed by atoms with van der Waals surface area (Å²) in [6.07, 6.45) is 7.87. The molecule has 0 unspecified atom stereocenters. The Morgan fingerprint density at radius 1 is 1.11 bits per heavy atom. The van der Waals surface area contributed by atoms with Gasteiger partial charge in [0.05, 0.1) is 11.6 Å². The van der Waals surface area contributed by atoms with Crippen LogP contribution >= 0.6 is 11.6 Å². The molecule has 2 aromatic rings. The molecule has 1 saturated carbocycles. The molecular weight excluding hydrogens is 469 g/mol.